The first-order chi connectivity index (χ1) is 12.9. The van der Waals surface area contributed by atoms with E-state index in [-0.39, 0.29) is 33.1 Å². The number of rotatable bonds is 2. The predicted molar refractivity (Wildman–Crippen MR) is 101 cm³/mol. The lowest BCUT2D eigenvalue weighted by atomic mass is 9.83. The first-order valence-electron chi connectivity index (χ1n) is 7.82. The topological polar surface area (TPSA) is 160 Å². The second kappa shape index (κ2) is 5.95. The number of carbonyl (C=O) groups is 1. The van der Waals surface area contributed by atoms with E-state index in [0.717, 1.165) is 0 Å². The molecule has 3 heterocycles. The number of hydrogen-bond donors (Lipinski definition) is 5. The Bertz CT molecular complexity index is 1320. The summed E-state index contributed by atoms with van der Waals surface area (Å²) >= 11 is 4.97. The van der Waals surface area contributed by atoms with Crippen LogP contribution in [-0.4, -0.2) is 15.9 Å². The monoisotopic (exact) mass is 383 g/mol. The zero-order valence-electron chi connectivity index (χ0n) is 13.7. The molecule has 10 heteroatoms. The Labute approximate surface area is 155 Å². The molecule has 0 fully saturated rings. The molecular weight excluding hydrogens is 370 g/mol. The highest BCUT2D eigenvalue weighted by Crippen LogP contribution is 2.36. The summed E-state index contributed by atoms with van der Waals surface area (Å²) in [5.41, 5.74) is 10.9. The van der Waals surface area contributed by atoms with Crippen molar-refractivity contribution in [1.29, 1.82) is 0 Å². The Hall–Kier alpha value is -3.66. The van der Waals surface area contributed by atoms with Crippen molar-refractivity contribution in [2.75, 3.05) is 5.32 Å². The van der Waals surface area contributed by atoms with Crippen molar-refractivity contribution in [2.24, 2.45) is 11.5 Å². The van der Waals surface area contributed by atoms with Crippen molar-refractivity contribution in [3.8, 4) is 0 Å². The fraction of sp³-hybridized carbons (Fsp3) is 0.0588. The number of para-hydroxylation sites is 1. The number of hydrogen-bond acceptors (Lipinski definition) is 7. The van der Waals surface area contributed by atoms with Gasteiger partial charge >= 0.3 is 0 Å². The van der Waals surface area contributed by atoms with E-state index in [9.17, 15) is 14.4 Å². The molecule has 4 rings (SSSR count). The summed E-state index contributed by atoms with van der Waals surface area (Å²) in [6.07, 6.45) is 1.21. The fourth-order valence-electron chi connectivity index (χ4n) is 3.25. The molecule has 1 unspecified atom stereocenters. The number of amides is 1. The Morgan fingerprint density at radius 1 is 1.19 bits per heavy atom. The fourth-order valence-corrected chi connectivity index (χ4v) is 3.44. The number of nitrogens with two attached hydrogens (primary N) is 2. The molecule has 0 bridgehead atoms. The summed E-state index contributed by atoms with van der Waals surface area (Å²) in [5, 5.41) is 3.01. The lowest BCUT2D eigenvalue weighted by Gasteiger charge is -2.27. The minimum atomic E-state index is -1.12. The van der Waals surface area contributed by atoms with Gasteiger partial charge in [0.25, 0.3) is 5.56 Å². The van der Waals surface area contributed by atoms with Crippen LogP contribution in [0.5, 0.6) is 0 Å². The van der Waals surface area contributed by atoms with E-state index in [1.54, 1.807) is 24.3 Å². The van der Waals surface area contributed by atoms with E-state index in [1.807, 2.05) is 0 Å². The maximum absolute atomic E-state index is 13.1. The van der Waals surface area contributed by atoms with Crippen LogP contribution in [-0.2, 0) is 4.79 Å². The zero-order chi connectivity index (χ0) is 19.3. The van der Waals surface area contributed by atoms with Crippen LogP contribution in [0, 0.1) is 4.77 Å². The molecule has 7 N–H and O–H groups in total. The van der Waals surface area contributed by atoms with E-state index in [0.29, 0.717) is 11.0 Å². The second-order valence-corrected chi connectivity index (χ2v) is 6.37. The summed E-state index contributed by atoms with van der Waals surface area (Å²) in [7, 11) is 0. The minimum Gasteiger partial charge on any atom is -0.464 e. The molecule has 3 aromatic rings. The van der Waals surface area contributed by atoms with Crippen molar-refractivity contribution in [2.45, 2.75) is 5.92 Å². The maximum Gasteiger partial charge on any atom is 0.257 e. The van der Waals surface area contributed by atoms with Gasteiger partial charge in [-0.2, -0.15) is 0 Å². The quantitative estimate of drug-likeness (QED) is 0.408. The molecule has 0 spiro atoms. The third kappa shape index (κ3) is 2.54. The summed E-state index contributed by atoms with van der Waals surface area (Å²) in [6, 6.07) is 6.64. The Balaban J connectivity index is 2.11. The van der Waals surface area contributed by atoms with Crippen LogP contribution in [0.25, 0.3) is 11.0 Å². The van der Waals surface area contributed by atoms with Gasteiger partial charge in [-0.1, -0.05) is 12.1 Å². The SMILES string of the molecule is NC(=O)C1=C(N)Nc2[nH]c(=S)[nH]c(=O)c2C1c1coc2ccccc2c1=O. The van der Waals surface area contributed by atoms with Crippen LogP contribution in [0.15, 0.2) is 55.9 Å². The van der Waals surface area contributed by atoms with Crippen molar-refractivity contribution in [3.05, 3.63) is 78.4 Å². The lowest BCUT2D eigenvalue weighted by molar-refractivity contribution is -0.114. The van der Waals surface area contributed by atoms with Gasteiger partial charge in [0.05, 0.1) is 28.7 Å². The van der Waals surface area contributed by atoms with Gasteiger partial charge < -0.3 is 26.2 Å². The predicted octanol–water partition coefficient (Wildman–Crippen LogP) is 0.752. The lowest BCUT2D eigenvalue weighted by Crippen LogP contribution is -2.37. The first kappa shape index (κ1) is 16.8. The number of fused-ring (bicyclic) bond motifs is 2. The molecular formula is C17H13N5O4S. The van der Waals surface area contributed by atoms with E-state index in [2.05, 4.69) is 15.3 Å². The van der Waals surface area contributed by atoms with Crippen molar-refractivity contribution < 1.29 is 9.21 Å². The van der Waals surface area contributed by atoms with Gasteiger partial charge in [0.1, 0.15) is 17.2 Å². The molecule has 1 aliphatic heterocycles. The van der Waals surface area contributed by atoms with E-state index in [1.165, 1.54) is 6.26 Å². The van der Waals surface area contributed by atoms with Crippen LogP contribution < -0.4 is 27.8 Å². The zero-order valence-corrected chi connectivity index (χ0v) is 14.5. The highest BCUT2D eigenvalue weighted by molar-refractivity contribution is 7.71. The van der Waals surface area contributed by atoms with E-state index < -0.39 is 22.8 Å². The number of anilines is 1. The van der Waals surface area contributed by atoms with Crippen LogP contribution in [0.4, 0.5) is 5.82 Å². The maximum atomic E-state index is 13.1. The molecule has 0 radical (unpaired) electrons. The van der Waals surface area contributed by atoms with Gasteiger partial charge in [-0.3, -0.25) is 19.4 Å². The van der Waals surface area contributed by atoms with Crippen LogP contribution in [0.2, 0.25) is 0 Å². The summed E-state index contributed by atoms with van der Waals surface area (Å²) in [4.78, 5) is 42.9. The average Bonchev–Trinajstić information content (AvgIpc) is 2.60. The molecule has 1 amide bonds. The number of benzene rings is 1. The van der Waals surface area contributed by atoms with Crippen molar-refractivity contribution in [3.63, 3.8) is 0 Å². The highest BCUT2D eigenvalue weighted by Gasteiger charge is 2.36. The molecule has 0 saturated heterocycles. The largest absolute Gasteiger partial charge is 0.464 e. The molecule has 1 atom stereocenters. The molecule has 2 aromatic heterocycles. The van der Waals surface area contributed by atoms with Gasteiger partial charge in [0.15, 0.2) is 10.2 Å². The van der Waals surface area contributed by atoms with E-state index >= 15 is 0 Å². The van der Waals surface area contributed by atoms with Crippen LogP contribution in [0.1, 0.15) is 17.0 Å². The van der Waals surface area contributed by atoms with Crippen LogP contribution >= 0.6 is 12.2 Å². The van der Waals surface area contributed by atoms with Crippen molar-refractivity contribution in [1.82, 2.24) is 9.97 Å². The van der Waals surface area contributed by atoms with Crippen LogP contribution in [0.3, 0.4) is 0 Å². The minimum absolute atomic E-state index is 0.0595. The summed E-state index contributed by atoms with van der Waals surface area (Å²) in [6.45, 7) is 0. The molecule has 136 valence electrons. The number of primary amides is 1. The smallest absolute Gasteiger partial charge is 0.257 e. The summed E-state index contributed by atoms with van der Waals surface area (Å²) in [5.74, 6) is -1.88. The van der Waals surface area contributed by atoms with Gasteiger partial charge in [0.2, 0.25) is 5.91 Å². The molecule has 9 nitrogen and oxygen atoms in total. The van der Waals surface area contributed by atoms with Gasteiger partial charge in [0, 0.05) is 5.56 Å². The third-order valence-electron chi connectivity index (χ3n) is 4.39. The standard InChI is InChI=1S/C17H13N5O4S/c18-13-10(14(19)24)9(11-15(20-13)21-17(27)22-16(11)25)7-5-26-8-4-2-1-3-6(8)12(7)23/h1-5,9H,18H2,(H2,19,24)(H3,20,21,22,25,27). The third-order valence-corrected chi connectivity index (χ3v) is 4.59. The number of carbonyl (C=O) groups excluding carboxylic acids is 1. The highest BCUT2D eigenvalue weighted by atomic mass is 32.1. The molecule has 27 heavy (non-hydrogen) atoms. The molecule has 1 aromatic carbocycles. The molecule has 0 saturated carbocycles. The molecule has 1 aliphatic rings. The van der Waals surface area contributed by atoms with Gasteiger partial charge in [-0.25, -0.2) is 0 Å². The number of nitrogens with one attached hydrogen (secondary N) is 3. The second-order valence-electron chi connectivity index (χ2n) is 5.96. The number of aromatic nitrogens is 2. The Morgan fingerprint density at radius 2 is 1.93 bits per heavy atom. The number of H-pyrrole nitrogens is 2. The summed E-state index contributed by atoms with van der Waals surface area (Å²) < 4.78 is 5.60. The van der Waals surface area contributed by atoms with Gasteiger partial charge in [-0.15, -0.1) is 0 Å². The number of aromatic amines is 2. The van der Waals surface area contributed by atoms with Crippen molar-refractivity contribution >= 4 is 34.9 Å². The van der Waals surface area contributed by atoms with Gasteiger partial charge in [-0.05, 0) is 24.4 Å². The van der Waals surface area contributed by atoms with E-state index in [4.69, 9.17) is 28.1 Å². The average molecular weight is 383 g/mol. The normalized spacial score (nSPS) is 16.1. The first-order valence-corrected chi connectivity index (χ1v) is 8.22. The Kier molecular flexibility index (Phi) is 3.70. The Morgan fingerprint density at radius 3 is 2.67 bits per heavy atom. The molecule has 0 aliphatic carbocycles.